The van der Waals surface area contributed by atoms with Crippen LogP contribution in [0.1, 0.15) is 62.5 Å². The maximum atomic E-state index is 13.5. The molecule has 4 atom stereocenters. The van der Waals surface area contributed by atoms with E-state index in [-0.39, 0.29) is 56.4 Å². The second-order valence-corrected chi connectivity index (χ2v) is 11.9. The van der Waals surface area contributed by atoms with Gasteiger partial charge in [-0.2, -0.15) is 0 Å². The Hall–Kier alpha value is -4.44. The minimum Gasteiger partial charge on any atom is -0.462 e. The first-order valence-electron chi connectivity index (χ1n) is 16.0. The summed E-state index contributed by atoms with van der Waals surface area (Å²) in [6, 6.07) is 14.4. The van der Waals surface area contributed by atoms with Crippen molar-refractivity contribution in [2.75, 3.05) is 26.4 Å². The van der Waals surface area contributed by atoms with Crippen LogP contribution in [0.4, 0.5) is 4.79 Å². The van der Waals surface area contributed by atoms with Crippen molar-refractivity contribution in [3.63, 3.8) is 0 Å². The molecule has 4 rings (SSSR count). The average Bonchev–Trinajstić information content (AvgIpc) is 3.66. The summed E-state index contributed by atoms with van der Waals surface area (Å²) in [5.74, 6) is -1.87. The number of benzene rings is 2. The predicted molar refractivity (Wildman–Crippen MR) is 175 cm³/mol. The highest BCUT2D eigenvalue weighted by Gasteiger charge is 2.35. The lowest BCUT2D eigenvalue weighted by Crippen LogP contribution is -2.46. The molecule has 0 bridgehead atoms. The Morgan fingerprint density at radius 1 is 0.978 bits per heavy atom. The molecule has 1 heterocycles. The van der Waals surface area contributed by atoms with Gasteiger partial charge < -0.3 is 30.1 Å². The smallest absolute Gasteiger partial charge is 0.407 e. The van der Waals surface area contributed by atoms with Gasteiger partial charge in [0.2, 0.25) is 11.8 Å². The van der Waals surface area contributed by atoms with E-state index >= 15 is 0 Å². The highest BCUT2D eigenvalue weighted by molar-refractivity contribution is 5.86. The Bertz CT molecular complexity index is 1360. The third-order valence-electron chi connectivity index (χ3n) is 8.57. The fraction of sp³-hybridized carbons (Fsp3) is 0.444. The maximum Gasteiger partial charge on any atom is 0.407 e. The number of hydrogen-bond donors (Lipinski definition) is 3. The van der Waals surface area contributed by atoms with Crippen molar-refractivity contribution < 1.29 is 33.8 Å². The fourth-order valence-electron chi connectivity index (χ4n) is 6.20. The van der Waals surface area contributed by atoms with Crippen molar-refractivity contribution >= 4 is 23.9 Å². The third-order valence-corrected chi connectivity index (χ3v) is 8.57. The van der Waals surface area contributed by atoms with E-state index in [1.807, 2.05) is 36.4 Å². The second kappa shape index (κ2) is 16.7. The molecule has 2 aromatic carbocycles. The van der Waals surface area contributed by atoms with E-state index in [0.717, 1.165) is 28.7 Å². The maximum absolute atomic E-state index is 13.5. The number of aliphatic hydroxyl groups excluding tert-OH is 1. The molecule has 1 aliphatic carbocycles. The first-order chi connectivity index (χ1) is 22.3. The zero-order valence-corrected chi connectivity index (χ0v) is 26.5. The Morgan fingerprint density at radius 2 is 1.65 bits per heavy atom. The SMILES string of the molecule is C=CCCC(NC(=O)OCC1c2ccccc2-c2ccccc21)C(=O)OCC1CCCN1C(=O)C(CC=C)CC(=O)NC(C)CO. The highest BCUT2D eigenvalue weighted by atomic mass is 16.6. The summed E-state index contributed by atoms with van der Waals surface area (Å²) in [6.45, 7) is 9.51. The number of ether oxygens (including phenoxy) is 2. The molecule has 2 aromatic rings. The van der Waals surface area contributed by atoms with Gasteiger partial charge in [0.25, 0.3) is 0 Å². The monoisotopic (exact) mass is 631 g/mol. The number of alkyl carbamates (subject to hydrolysis) is 1. The van der Waals surface area contributed by atoms with Crippen LogP contribution < -0.4 is 10.6 Å². The highest BCUT2D eigenvalue weighted by Crippen LogP contribution is 2.44. The lowest BCUT2D eigenvalue weighted by molar-refractivity contribution is -0.150. The van der Waals surface area contributed by atoms with E-state index in [0.29, 0.717) is 25.8 Å². The van der Waals surface area contributed by atoms with Crippen LogP contribution in [0.25, 0.3) is 11.1 Å². The Kier molecular flexibility index (Phi) is 12.5. The van der Waals surface area contributed by atoms with Crippen LogP contribution in [0.15, 0.2) is 73.8 Å². The molecule has 0 spiro atoms. The summed E-state index contributed by atoms with van der Waals surface area (Å²) in [4.78, 5) is 53.7. The number of amides is 3. The van der Waals surface area contributed by atoms with E-state index in [4.69, 9.17) is 9.47 Å². The molecule has 0 radical (unpaired) electrons. The second-order valence-electron chi connectivity index (χ2n) is 11.9. The van der Waals surface area contributed by atoms with Crippen LogP contribution >= 0.6 is 0 Å². The number of esters is 1. The number of hydrogen-bond acceptors (Lipinski definition) is 7. The van der Waals surface area contributed by atoms with Crippen LogP contribution in [-0.4, -0.2) is 78.4 Å². The van der Waals surface area contributed by atoms with E-state index in [1.165, 1.54) is 0 Å². The van der Waals surface area contributed by atoms with Crippen LogP contribution in [0.5, 0.6) is 0 Å². The Morgan fingerprint density at radius 3 is 2.28 bits per heavy atom. The number of carbonyl (C=O) groups is 4. The van der Waals surface area contributed by atoms with Crippen molar-refractivity contribution in [1.82, 2.24) is 15.5 Å². The van der Waals surface area contributed by atoms with Gasteiger partial charge in [0.15, 0.2) is 0 Å². The average molecular weight is 632 g/mol. The standard InChI is InChI=1S/C36H45N3O7/c1-4-6-18-32(38-36(44)46-23-31-29-16-9-7-14-27(29)28-15-8-10-17-30(28)31)35(43)45-22-26-13-11-19-39(26)34(42)25(12-5-2)20-33(41)37-24(3)21-40/h4-5,7-10,14-17,24-26,31-32,40H,1-2,6,11-13,18-23H2,3H3,(H,37,41)(H,38,44). The van der Waals surface area contributed by atoms with Crippen LogP contribution in [-0.2, 0) is 23.9 Å². The van der Waals surface area contributed by atoms with Crippen molar-refractivity contribution in [2.45, 2.75) is 69.5 Å². The summed E-state index contributed by atoms with van der Waals surface area (Å²) in [5, 5.41) is 14.6. The number of rotatable bonds is 16. The first kappa shape index (κ1) is 34.4. The molecule has 3 N–H and O–H groups in total. The summed E-state index contributed by atoms with van der Waals surface area (Å²) >= 11 is 0. The summed E-state index contributed by atoms with van der Waals surface area (Å²) in [7, 11) is 0. The lowest BCUT2D eigenvalue weighted by Gasteiger charge is -2.29. The molecular weight excluding hydrogens is 586 g/mol. The molecule has 0 saturated carbocycles. The van der Waals surface area contributed by atoms with Crippen molar-refractivity contribution in [3.8, 4) is 11.1 Å². The van der Waals surface area contributed by atoms with Gasteiger partial charge >= 0.3 is 12.1 Å². The van der Waals surface area contributed by atoms with E-state index < -0.39 is 30.1 Å². The van der Waals surface area contributed by atoms with Crippen molar-refractivity contribution in [3.05, 3.63) is 85.0 Å². The third kappa shape index (κ3) is 8.63. The quantitative estimate of drug-likeness (QED) is 0.184. The number of likely N-dealkylation sites (tertiary alicyclic amines) is 1. The van der Waals surface area contributed by atoms with Gasteiger partial charge in [-0.3, -0.25) is 9.59 Å². The fourth-order valence-corrected chi connectivity index (χ4v) is 6.20. The molecular formula is C36H45N3O7. The van der Waals surface area contributed by atoms with Gasteiger partial charge in [0.05, 0.1) is 18.6 Å². The topological polar surface area (TPSA) is 134 Å². The molecule has 246 valence electrons. The Balaban J connectivity index is 1.33. The van der Waals surface area contributed by atoms with Gasteiger partial charge in [0, 0.05) is 24.9 Å². The molecule has 10 heteroatoms. The lowest BCUT2D eigenvalue weighted by atomic mass is 9.98. The molecule has 0 aromatic heterocycles. The molecule has 46 heavy (non-hydrogen) atoms. The normalized spacial score (nSPS) is 17.2. The molecule has 4 unspecified atom stereocenters. The number of nitrogens with one attached hydrogen (secondary N) is 2. The van der Waals surface area contributed by atoms with Gasteiger partial charge in [-0.25, -0.2) is 9.59 Å². The van der Waals surface area contributed by atoms with Crippen LogP contribution in [0.2, 0.25) is 0 Å². The zero-order valence-electron chi connectivity index (χ0n) is 26.5. The number of fused-ring (bicyclic) bond motifs is 3. The molecule has 1 aliphatic heterocycles. The van der Waals surface area contributed by atoms with Crippen LogP contribution in [0.3, 0.4) is 0 Å². The summed E-state index contributed by atoms with van der Waals surface area (Å²) in [6.07, 6.45) is 4.96. The molecule has 10 nitrogen and oxygen atoms in total. The molecule has 1 saturated heterocycles. The minimum absolute atomic E-state index is 0.0317. The van der Waals surface area contributed by atoms with E-state index in [2.05, 4.69) is 35.9 Å². The van der Waals surface area contributed by atoms with Gasteiger partial charge in [-0.1, -0.05) is 60.7 Å². The van der Waals surface area contributed by atoms with Gasteiger partial charge in [0.1, 0.15) is 19.3 Å². The Labute approximate surface area is 270 Å². The molecule has 3 amide bonds. The number of aliphatic hydroxyl groups is 1. The summed E-state index contributed by atoms with van der Waals surface area (Å²) < 4.78 is 11.3. The predicted octanol–water partition coefficient (Wildman–Crippen LogP) is 4.47. The molecule has 1 fully saturated rings. The molecule has 2 aliphatic rings. The summed E-state index contributed by atoms with van der Waals surface area (Å²) in [5.41, 5.74) is 4.42. The largest absolute Gasteiger partial charge is 0.462 e. The number of allylic oxidation sites excluding steroid dienone is 2. The van der Waals surface area contributed by atoms with Gasteiger partial charge in [-0.15, -0.1) is 13.2 Å². The van der Waals surface area contributed by atoms with E-state index in [1.54, 1.807) is 24.0 Å². The first-order valence-corrected chi connectivity index (χ1v) is 16.0. The number of nitrogens with zero attached hydrogens (tertiary/aromatic N) is 1. The minimum atomic E-state index is -0.954. The van der Waals surface area contributed by atoms with Crippen LogP contribution in [0, 0.1) is 5.92 Å². The van der Waals surface area contributed by atoms with Crippen molar-refractivity contribution in [1.29, 1.82) is 0 Å². The van der Waals surface area contributed by atoms with Crippen molar-refractivity contribution in [2.24, 2.45) is 5.92 Å². The zero-order chi connectivity index (χ0) is 33.1. The van der Waals surface area contributed by atoms with Gasteiger partial charge in [-0.05, 0) is 61.3 Å². The van der Waals surface area contributed by atoms with E-state index in [9.17, 15) is 24.3 Å². The number of carbonyl (C=O) groups excluding carboxylic acids is 4.